The van der Waals surface area contributed by atoms with Crippen molar-refractivity contribution in [1.29, 1.82) is 0 Å². The van der Waals surface area contributed by atoms with Gasteiger partial charge in [0.2, 0.25) is 0 Å². The first-order chi connectivity index (χ1) is 10.2. The minimum atomic E-state index is 0.0642. The summed E-state index contributed by atoms with van der Waals surface area (Å²) in [6, 6.07) is 7.77. The van der Waals surface area contributed by atoms with Crippen molar-refractivity contribution >= 4 is 11.4 Å². The van der Waals surface area contributed by atoms with Gasteiger partial charge in [-0.1, -0.05) is 24.3 Å². The Labute approximate surface area is 121 Å². The van der Waals surface area contributed by atoms with Crippen LogP contribution in [0.4, 0.5) is 0 Å². The number of rotatable bonds is 2. The van der Waals surface area contributed by atoms with E-state index < -0.39 is 0 Å². The maximum absolute atomic E-state index is 12.8. The molecule has 2 heterocycles. The van der Waals surface area contributed by atoms with E-state index >= 15 is 0 Å². The van der Waals surface area contributed by atoms with E-state index in [-0.39, 0.29) is 5.78 Å². The van der Waals surface area contributed by atoms with Crippen LogP contribution < -0.4 is 10.6 Å². The molecule has 4 heteroatoms. The number of hydrogen-bond acceptors (Lipinski definition) is 3. The molecule has 4 rings (SSSR count). The summed E-state index contributed by atoms with van der Waals surface area (Å²) in [4.78, 5) is 21.5. The van der Waals surface area contributed by atoms with Gasteiger partial charge in [0.15, 0.2) is 5.78 Å². The maximum Gasteiger partial charge on any atom is 0.193 e. The number of aryl methyl sites for hydroxylation is 1. The molecule has 102 valence electrons. The van der Waals surface area contributed by atoms with Crippen molar-refractivity contribution < 1.29 is 4.79 Å². The fraction of sp³-hybridized carbons (Fsp3) is 0.118. The van der Waals surface area contributed by atoms with Crippen molar-refractivity contribution in [3.8, 4) is 0 Å². The Balaban J connectivity index is 1.81. The first-order valence-corrected chi connectivity index (χ1v) is 6.86. The zero-order valence-corrected chi connectivity index (χ0v) is 11.6. The van der Waals surface area contributed by atoms with Gasteiger partial charge in [0, 0.05) is 23.2 Å². The molecule has 1 aliphatic carbocycles. The number of carbonyl (C=O) groups is 1. The normalized spacial score (nSPS) is 16.0. The minimum Gasteiger partial charge on any atom is -0.331 e. The van der Waals surface area contributed by atoms with Crippen LogP contribution in [-0.4, -0.2) is 15.3 Å². The maximum atomic E-state index is 12.8. The van der Waals surface area contributed by atoms with Gasteiger partial charge >= 0.3 is 0 Å². The van der Waals surface area contributed by atoms with Crippen LogP contribution in [0.1, 0.15) is 5.82 Å². The lowest BCUT2D eigenvalue weighted by molar-refractivity contribution is -0.110. The second-order valence-corrected chi connectivity index (χ2v) is 5.18. The fourth-order valence-electron chi connectivity index (χ4n) is 2.76. The third-order valence-electron chi connectivity index (χ3n) is 3.90. The summed E-state index contributed by atoms with van der Waals surface area (Å²) in [5, 5.41) is 1.81. The zero-order valence-electron chi connectivity index (χ0n) is 11.6. The van der Waals surface area contributed by atoms with E-state index in [9.17, 15) is 4.79 Å². The molecule has 4 nitrogen and oxygen atoms in total. The van der Waals surface area contributed by atoms with E-state index in [1.165, 1.54) is 0 Å². The average molecular weight is 275 g/mol. The standard InChI is InChI=1S/C17H13N3O/c1-11-18-8-9-20(11)10-12-6-7-15-16(17(12)21)13-4-2-3-5-14(13)19-15/h2-9H,10H2,1H3. The van der Waals surface area contributed by atoms with Crippen molar-refractivity contribution in [3.05, 3.63) is 76.5 Å². The van der Waals surface area contributed by atoms with E-state index in [2.05, 4.69) is 9.98 Å². The molecule has 2 aromatic rings. The summed E-state index contributed by atoms with van der Waals surface area (Å²) >= 11 is 0. The Morgan fingerprint density at radius 1 is 1.19 bits per heavy atom. The molecule has 0 amide bonds. The van der Waals surface area contributed by atoms with Crippen LogP contribution >= 0.6 is 0 Å². The SMILES string of the molecule is Cc1nccn1CC1=CC=C2N=c3ccccc3=C2C1=O. The van der Waals surface area contributed by atoms with E-state index in [1.807, 2.05) is 54.1 Å². The lowest BCUT2D eigenvalue weighted by atomic mass is 9.94. The molecule has 0 N–H and O–H groups in total. The Kier molecular flexibility index (Phi) is 2.51. The molecule has 1 aliphatic heterocycles. The number of para-hydroxylation sites is 1. The summed E-state index contributed by atoms with van der Waals surface area (Å²) in [5.74, 6) is 0.967. The van der Waals surface area contributed by atoms with Crippen LogP contribution in [0.25, 0.3) is 5.57 Å². The number of carbonyl (C=O) groups excluding carboxylic acids is 1. The molecule has 0 spiro atoms. The van der Waals surface area contributed by atoms with Crippen molar-refractivity contribution in [1.82, 2.24) is 9.55 Å². The number of benzene rings is 1. The highest BCUT2D eigenvalue weighted by Gasteiger charge is 2.25. The van der Waals surface area contributed by atoms with Crippen molar-refractivity contribution in [3.63, 3.8) is 0 Å². The highest BCUT2D eigenvalue weighted by atomic mass is 16.1. The van der Waals surface area contributed by atoms with E-state index in [1.54, 1.807) is 6.20 Å². The highest BCUT2D eigenvalue weighted by Crippen LogP contribution is 2.24. The summed E-state index contributed by atoms with van der Waals surface area (Å²) in [7, 11) is 0. The predicted molar refractivity (Wildman–Crippen MR) is 78.8 cm³/mol. The van der Waals surface area contributed by atoms with Gasteiger partial charge < -0.3 is 4.57 Å². The van der Waals surface area contributed by atoms with Crippen LogP contribution in [0.3, 0.4) is 0 Å². The van der Waals surface area contributed by atoms with Gasteiger partial charge in [-0.2, -0.15) is 0 Å². The van der Waals surface area contributed by atoms with Gasteiger partial charge in [-0.25, -0.2) is 9.98 Å². The van der Waals surface area contributed by atoms with Crippen LogP contribution in [0.15, 0.2) is 65.1 Å². The van der Waals surface area contributed by atoms with Gasteiger partial charge in [-0.05, 0) is 19.1 Å². The van der Waals surface area contributed by atoms with Crippen LogP contribution in [0.2, 0.25) is 0 Å². The third-order valence-corrected chi connectivity index (χ3v) is 3.90. The molecule has 0 fully saturated rings. The number of hydrogen-bond donors (Lipinski definition) is 0. The summed E-state index contributed by atoms with van der Waals surface area (Å²) in [6.07, 6.45) is 7.44. The number of fused-ring (bicyclic) bond motifs is 2. The number of allylic oxidation sites excluding steroid dienone is 4. The van der Waals surface area contributed by atoms with Gasteiger partial charge in [0.25, 0.3) is 0 Å². The topological polar surface area (TPSA) is 47.2 Å². The lowest BCUT2D eigenvalue weighted by Crippen LogP contribution is -2.26. The molecule has 21 heavy (non-hydrogen) atoms. The van der Waals surface area contributed by atoms with E-state index in [0.29, 0.717) is 6.54 Å². The Hall–Kier alpha value is -2.75. The Morgan fingerprint density at radius 3 is 2.86 bits per heavy atom. The fourth-order valence-corrected chi connectivity index (χ4v) is 2.76. The van der Waals surface area contributed by atoms with Crippen LogP contribution in [0.5, 0.6) is 0 Å². The molecule has 0 saturated carbocycles. The number of ketones is 1. The van der Waals surface area contributed by atoms with Gasteiger partial charge in [0.05, 0.1) is 23.2 Å². The van der Waals surface area contributed by atoms with Gasteiger partial charge in [-0.15, -0.1) is 0 Å². The van der Waals surface area contributed by atoms with Crippen LogP contribution in [0, 0.1) is 6.92 Å². The molecule has 0 unspecified atom stereocenters. The zero-order chi connectivity index (χ0) is 14.4. The number of imidazole rings is 1. The lowest BCUT2D eigenvalue weighted by Gasteiger charge is -2.13. The van der Waals surface area contributed by atoms with E-state index in [4.69, 9.17) is 0 Å². The van der Waals surface area contributed by atoms with Gasteiger partial charge in [-0.3, -0.25) is 4.79 Å². The molecule has 0 bridgehead atoms. The molecular formula is C17H13N3O. The quantitative estimate of drug-likeness (QED) is 0.823. The summed E-state index contributed by atoms with van der Waals surface area (Å²) < 4.78 is 1.97. The van der Waals surface area contributed by atoms with Crippen molar-refractivity contribution in [2.24, 2.45) is 4.99 Å². The molecule has 0 radical (unpaired) electrons. The number of Topliss-reactive ketones (excluding diaryl/α,β-unsaturated/α-hetero) is 1. The monoisotopic (exact) mass is 275 g/mol. The molecular weight excluding hydrogens is 262 g/mol. The molecule has 1 aromatic carbocycles. The Morgan fingerprint density at radius 2 is 2.05 bits per heavy atom. The third kappa shape index (κ3) is 1.80. The smallest absolute Gasteiger partial charge is 0.193 e. The van der Waals surface area contributed by atoms with Crippen molar-refractivity contribution in [2.75, 3.05) is 0 Å². The molecule has 1 aromatic heterocycles. The first-order valence-electron chi connectivity index (χ1n) is 6.86. The first kappa shape index (κ1) is 12.0. The second-order valence-electron chi connectivity index (χ2n) is 5.18. The average Bonchev–Trinajstić information content (AvgIpc) is 3.06. The van der Waals surface area contributed by atoms with E-state index in [0.717, 1.165) is 33.2 Å². The minimum absolute atomic E-state index is 0.0642. The molecule has 2 aliphatic rings. The highest BCUT2D eigenvalue weighted by molar-refractivity contribution is 6.29. The Bertz CT molecular complexity index is 944. The van der Waals surface area contributed by atoms with Crippen LogP contribution in [-0.2, 0) is 11.3 Å². The van der Waals surface area contributed by atoms with Gasteiger partial charge in [0.1, 0.15) is 5.82 Å². The number of nitrogens with zero attached hydrogens (tertiary/aromatic N) is 3. The molecule has 0 atom stereocenters. The molecule has 0 saturated heterocycles. The number of aromatic nitrogens is 2. The predicted octanol–water partition coefficient (Wildman–Crippen LogP) is 1.07. The van der Waals surface area contributed by atoms with Crippen molar-refractivity contribution in [2.45, 2.75) is 13.5 Å². The largest absolute Gasteiger partial charge is 0.331 e. The second kappa shape index (κ2) is 4.38. The summed E-state index contributed by atoms with van der Waals surface area (Å²) in [5.41, 5.74) is 2.26. The summed E-state index contributed by atoms with van der Waals surface area (Å²) in [6.45, 7) is 2.47.